The van der Waals surface area contributed by atoms with Crippen LogP contribution in [0.15, 0.2) is 18.3 Å². The molecular formula is C11H11F3N2. The number of nitrogens with zero attached hydrogens (tertiary/aromatic N) is 1. The Morgan fingerprint density at radius 1 is 1.38 bits per heavy atom. The van der Waals surface area contributed by atoms with Crippen molar-refractivity contribution in [3.05, 3.63) is 29.6 Å². The van der Waals surface area contributed by atoms with Crippen LogP contribution in [-0.4, -0.2) is 18.1 Å². The summed E-state index contributed by atoms with van der Waals surface area (Å²) < 4.78 is 37.0. The lowest BCUT2D eigenvalue weighted by molar-refractivity contribution is -0.141. The molecule has 5 heteroatoms. The highest BCUT2D eigenvalue weighted by Gasteiger charge is 2.58. The van der Waals surface area contributed by atoms with Crippen molar-refractivity contribution >= 4 is 0 Å². The Hall–Kier alpha value is -1.10. The van der Waals surface area contributed by atoms with Gasteiger partial charge in [-0.1, -0.05) is 6.07 Å². The maximum Gasteiger partial charge on any atom is 0.433 e. The molecule has 0 aromatic carbocycles. The average Bonchev–Trinajstić information content (AvgIpc) is 2.81. The highest BCUT2D eigenvalue weighted by molar-refractivity contribution is 5.36. The molecule has 2 atom stereocenters. The van der Waals surface area contributed by atoms with E-state index in [1.807, 2.05) is 0 Å². The lowest BCUT2D eigenvalue weighted by atomic mass is 9.97. The molecule has 2 nitrogen and oxygen atoms in total. The maximum absolute atomic E-state index is 12.3. The highest BCUT2D eigenvalue weighted by atomic mass is 19.4. The Morgan fingerprint density at radius 3 is 2.62 bits per heavy atom. The van der Waals surface area contributed by atoms with Gasteiger partial charge in [0, 0.05) is 18.2 Å². The van der Waals surface area contributed by atoms with E-state index >= 15 is 0 Å². The van der Waals surface area contributed by atoms with Crippen LogP contribution in [0.3, 0.4) is 0 Å². The molecule has 2 aliphatic rings. The number of nitrogens with one attached hydrogen (secondary N) is 1. The number of halogens is 3. The number of alkyl halides is 3. The van der Waals surface area contributed by atoms with Crippen LogP contribution < -0.4 is 5.32 Å². The predicted octanol–water partition coefficient (Wildman–Crippen LogP) is 1.96. The number of hydrogen-bond donors (Lipinski definition) is 1. The summed E-state index contributed by atoms with van der Waals surface area (Å²) in [6, 6.07) is 2.65. The van der Waals surface area contributed by atoms with E-state index in [0.29, 0.717) is 5.92 Å². The molecule has 16 heavy (non-hydrogen) atoms. The molecule has 0 bridgehead atoms. The molecule has 1 aromatic heterocycles. The normalized spacial score (nSPS) is 32.6. The molecule has 2 heterocycles. The highest BCUT2D eigenvalue weighted by Crippen LogP contribution is 2.56. The van der Waals surface area contributed by atoms with Gasteiger partial charge in [0.1, 0.15) is 5.69 Å². The molecule has 1 aliphatic carbocycles. The topological polar surface area (TPSA) is 24.9 Å². The predicted molar refractivity (Wildman–Crippen MR) is 51.9 cm³/mol. The zero-order valence-corrected chi connectivity index (χ0v) is 8.51. The van der Waals surface area contributed by atoms with Gasteiger partial charge in [0.05, 0.1) is 0 Å². The fourth-order valence-electron chi connectivity index (χ4n) is 2.65. The van der Waals surface area contributed by atoms with Gasteiger partial charge >= 0.3 is 6.18 Å². The number of rotatable bonds is 1. The largest absolute Gasteiger partial charge is 0.433 e. The van der Waals surface area contributed by atoms with Crippen LogP contribution in [-0.2, 0) is 11.6 Å². The van der Waals surface area contributed by atoms with E-state index < -0.39 is 11.9 Å². The van der Waals surface area contributed by atoms with Gasteiger partial charge in [-0.25, -0.2) is 0 Å². The standard InChI is InChI=1S/C11H11F3N2/c12-11(13,14)9-2-1-7(5-16-9)10-3-8(10)4-15-6-10/h1-2,5,8,15H,3-4,6H2. The van der Waals surface area contributed by atoms with Crippen molar-refractivity contribution in [2.24, 2.45) is 5.92 Å². The van der Waals surface area contributed by atoms with Crippen LogP contribution in [0.2, 0.25) is 0 Å². The lowest BCUT2D eigenvalue weighted by Crippen LogP contribution is -2.19. The summed E-state index contributed by atoms with van der Waals surface area (Å²) >= 11 is 0. The van der Waals surface area contributed by atoms with Gasteiger partial charge in [-0.3, -0.25) is 4.98 Å². The molecular weight excluding hydrogens is 217 g/mol. The first-order valence-corrected chi connectivity index (χ1v) is 5.27. The van der Waals surface area contributed by atoms with E-state index in [9.17, 15) is 13.2 Å². The van der Waals surface area contributed by atoms with Crippen LogP contribution >= 0.6 is 0 Å². The van der Waals surface area contributed by atoms with Crippen LogP contribution in [0.5, 0.6) is 0 Å². The van der Waals surface area contributed by atoms with Crippen molar-refractivity contribution in [1.82, 2.24) is 10.3 Å². The Labute approximate surface area is 90.9 Å². The van der Waals surface area contributed by atoms with Crippen LogP contribution in [0, 0.1) is 5.92 Å². The molecule has 1 aliphatic heterocycles. The zero-order chi connectivity index (χ0) is 11.4. The summed E-state index contributed by atoms with van der Waals surface area (Å²) in [5.74, 6) is 0.589. The molecule has 2 fully saturated rings. The molecule has 1 saturated heterocycles. The van der Waals surface area contributed by atoms with Crippen LogP contribution in [0.25, 0.3) is 0 Å². The van der Waals surface area contributed by atoms with Crippen LogP contribution in [0.4, 0.5) is 13.2 Å². The number of fused-ring (bicyclic) bond motifs is 1. The third-order valence-electron chi connectivity index (χ3n) is 3.69. The lowest BCUT2D eigenvalue weighted by Gasteiger charge is -2.13. The van der Waals surface area contributed by atoms with Gasteiger partial charge in [-0.05, 0) is 30.5 Å². The minimum Gasteiger partial charge on any atom is -0.316 e. The van der Waals surface area contributed by atoms with Crippen molar-refractivity contribution in [1.29, 1.82) is 0 Å². The van der Waals surface area contributed by atoms with Gasteiger partial charge in [0.2, 0.25) is 0 Å². The second kappa shape index (κ2) is 2.97. The molecule has 1 aromatic rings. The first kappa shape index (κ1) is 10.1. The average molecular weight is 228 g/mol. The van der Waals surface area contributed by atoms with Crippen molar-refractivity contribution < 1.29 is 13.2 Å². The first-order valence-electron chi connectivity index (χ1n) is 5.27. The Balaban J connectivity index is 1.89. The fourth-order valence-corrected chi connectivity index (χ4v) is 2.65. The number of pyridine rings is 1. The molecule has 3 rings (SSSR count). The van der Waals surface area contributed by atoms with Crippen molar-refractivity contribution in [3.63, 3.8) is 0 Å². The van der Waals surface area contributed by atoms with Crippen molar-refractivity contribution in [2.45, 2.75) is 18.0 Å². The number of aromatic nitrogens is 1. The summed E-state index contributed by atoms with van der Waals surface area (Å²) in [6.07, 6.45) is -1.88. The molecule has 0 spiro atoms. The SMILES string of the molecule is FC(F)(F)c1ccc(C23CNCC2C3)cn1. The van der Waals surface area contributed by atoms with Gasteiger partial charge in [-0.15, -0.1) is 0 Å². The summed E-state index contributed by atoms with van der Waals surface area (Å²) in [7, 11) is 0. The van der Waals surface area contributed by atoms with E-state index in [1.54, 1.807) is 6.07 Å². The minimum atomic E-state index is -4.34. The number of piperidine rings is 1. The van der Waals surface area contributed by atoms with E-state index in [0.717, 1.165) is 31.1 Å². The van der Waals surface area contributed by atoms with Crippen molar-refractivity contribution in [3.8, 4) is 0 Å². The number of hydrogen-bond acceptors (Lipinski definition) is 2. The van der Waals surface area contributed by atoms with E-state index in [-0.39, 0.29) is 5.41 Å². The molecule has 2 unspecified atom stereocenters. The fraction of sp³-hybridized carbons (Fsp3) is 0.545. The second-order valence-electron chi connectivity index (χ2n) is 4.62. The molecule has 0 radical (unpaired) electrons. The molecule has 0 amide bonds. The summed E-state index contributed by atoms with van der Waals surface area (Å²) in [5, 5.41) is 3.26. The molecule has 1 N–H and O–H groups in total. The smallest absolute Gasteiger partial charge is 0.316 e. The van der Waals surface area contributed by atoms with Crippen LogP contribution in [0.1, 0.15) is 17.7 Å². The van der Waals surface area contributed by atoms with Gasteiger partial charge in [-0.2, -0.15) is 13.2 Å². The summed E-state index contributed by atoms with van der Waals surface area (Å²) in [4.78, 5) is 3.51. The Morgan fingerprint density at radius 2 is 2.19 bits per heavy atom. The monoisotopic (exact) mass is 228 g/mol. The Kier molecular flexibility index (Phi) is 1.87. The zero-order valence-electron chi connectivity index (χ0n) is 8.51. The van der Waals surface area contributed by atoms with E-state index in [4.69, 9.17) is 0 Å². The molecule has 1 saturated carbocycles. The third kappa shape index (κ3) is 1.34. The first-order chi connectivity index (χ1) is 7.52. The van der Waals surface area contributed by atoms with Gasteiger partial charge in [0.15, 0.2) is 0 Å². The summed E-state index contributed by atoms with van der Waals surface area (Å²) in [6.45, 7) is 1.84. The van der Waals surface area contributed by atoms with Gasteiger partial charge < -0.3 is 5.32 Å². The summed E-state index contributed by atoms with van der Waals surface area (Å²) in [5.41, 5.74) is 0.211. The maximum atomic E-state index is 12.3. The third-order valence-corrected chi connectivity index (χ3v) is 3.69. The van der Waals surface area contributed by atoms with E-state index in [1.165, 1.54) is 6.20 Å². The van der Waals surface area contributed by atoms with Gasteiger partial charge in [0.25, 0.3) is 0 Å². The van der Waals surface area contributed by atoms with E-state index in [2.05, 4.69) is 10.3 Å². The van der Waals surface area contributed by atoms with Crippen molar-refractivity contribution in [2.75, 3.05) is 13.1 Å². The quantitative estimate of drug-likeness (QED) is 0.794. The minimum absolute atomic E-state index is 0.0805. The Bertz CT molecular complexity index is 412. The second-order valence-corrected chi connectivity index (χ2v) is 4.62. The molecule has 86 valence electrons.